The monoisotopic (exact) mass is 302 g/mol. The van der Waals surface area contributed by atoms with Gasteiger partial charge in [0.05, 0.1) is 5.56 Å². The number of hydrogen-bond acceptors (Lipinski definition) is 5. The molecule has 118 valence electrons. The Morgan fingerprint density at radius 3 is 2.82 bits per heavy atom. The van der Waals surface area contributed by atoms with Crippen molar-refractivity contribution in [2.45, 2.75) is 44.9 Å². The SMILES string of the molecule is CC(c1nc2nccc(C(N)=NO)c2n1N)C1CCCCC1. The van der Waals surface area contributed by atoms with Gasteiger partial charge in [0.15, 0.2) is 11.5 Å². The minimum absolute atomic E-state index is 0.0101. The third kappa shape index (κ3) is 2.36. The van der Waals surface area contributed by atoms with Crippen LogP contribution >= 0.6 is 0 Å². The lowest BCUT2D eigenvalue weighted by atomic mass is 9.80. The zero-order valence-corrected chi connectivity index (χ0v) is 12.7. The van der Waals surface area contributed by atoms with Crippen molar-refractivity contribution in [1.82, 2.24) is 14.6 Å². The van der Waals surface area contributed by atoms with Crippen molar-refractivity contribution in [3.05, 3.63) is 23.7 Å². The lowest BCUT2D eigenvalue weighted by Crippen LogP contribution is -2.22. The van der Waals surface area contributed by atoms with Crippen LogP contribution < -0.4 is 11.6 Å². The van der Waals surface area contributed by atoms with Crippen LogP contribution in [0.2, 0.25) is 0 Å². The van der Waals surface area contributed by atoms with E-state index in [0.717, 1.165) is 5.82 Å². The molecule has 3 rings (SSSR count). The van der Waals surface area contributed by atoms with Crippen LogP contribution in [0.3, 0.4) is 0 Å². The number of pyridine rings is 1. The van der Waals surface area contributed by atoms with E-state index in [1.807, 2.05) is 0 Å². The molecule has 0 bridgehead atoms. The quantitative estimate of drug-likeness (QED) is 0.263. The second kappa shape index (κ2) is 5.82. The summed E-state index contributed by atoms with van der Waals surface area (Å²) < 4.78 is 1.55. The molecule has 0 amide bonds. The molecule has 1 saturated carbocycles. The number of rotatable bonds is 3. The highest BCUT2D eigenvalue weighted by Crippen LogP contribution is 2.35. The number of oxime groups is 1. The summed E-state index contributed by atoms with van der Waals surface area (Å²) in [5, 5.41) is 12.0. The van der Waals surface area contributed by atoms with Gasteiger partial charge in [0.25, 0.3) is 0 Å². The first-order valence-electron chi connectivity index (χ1n) is 7.73. The van der Waals surface area contributed by atoms with Gasteiger partial charge in [0, 0.05) is 12.1 Å². The highest BCUT2D eigenvalue weighted by Gasteiger charge is 2.27. The van der Waals surface area contributed by atoms with Crippen molar-refractivity contribution in [3.8, 4) is 0 Å². The van der Waals surface area contributed by atoms with Gasteiger partial charge < -0.3 is 16.8 Å². The van der Waals surface area contributed by atoms with Gasteiger partial charge in [-0.1, -0.05) is 31.3 Å². The van der Waals surface area contributed by atoms with Crippen LogP contribution in [-0.4, -0.2) is 25.7 Å². The lowest BCUT2D eigenvalue weighted by molar-refractivity contribution is 0.307. The van der Waals surface area contributed by atoms with Crippen LogP contribution in [-0.2, 0) is 0 Å². The molecule has 1 aliphatic carbocycles. The molecule has 1 unspecified atom stereocenters. The van der Waals surface area contributed by atoms with E-state index >= 15 is 0 Å². The van der Waals surface area contributed by atoms with Crippen molar-refractivity contribution < 1.29 is 5.21 Å². The van der Waals surface area contributed by atoms with Crippen molar-refractivity contribution in [1.29, 1.82) is 0 Å². The maximum atomic E-state index is 8.93. The van der Waals surface area contributed by atoms with Gasteiger partial charge in [-0.2, -0.15) is 0 Å². The molecule has 0 spiro atoms. The minimum atomic E-state index is 0.0101. The van der Waals surface area contributed by atoms with Crippen molar-refractivity contribution in [2.75, 3.05) is 5.84 Å². The topological polar surface area (TPSA) is 115 Å². The van der Waals surface area contributed by atoms with Crippen LogP contribution in [0.4, 0.5) is 0 Å². The van der Waals surface area contributed by atoms with Gasteiger partial charge in [0.2, 0.25) is 0 Å². The van der Waals surface area contributed by atoms with Crippen LogP contribution in [0.5, 0.6) is 0 Å². The maximum absolute atomic E-state index is 8.93. The Labute approximate surface area is 129 Å². The first-order chi connectivity index (χ1) is 10.6. The average molecular weight is 302 g/mol. The molecule has 22 heavy (non-hydrogen) atoms. The van der Waals surface area contributed by atoms with Crippen LogP contribution in [0, 0.1) is 5.92 Å². The van der Waals surface area contributed by atoms with Gasteiger partial charge in [-0.25, -0.2) is 14.6 Å². The fraction of sp³-hybridized carbons (Fsp3) is 0.533. The molecular weight excluding hydrogens is 280 g/mol. The number of fused-ring (bicyclic) bond motifs is 1. The number of hydrogen-bond donors (Lipinski definition) is 3. The first-order valence-corrected chi connectivity index (χ1v) is 7.73. The number of imidazole rings is 1. The summed E-state index contributed by atoms with van der Waals surface area (Å²) in [6.45, 7) is 2.17. The summed E-state index contributed by atoms with van der Waals surface area (Å²) in [7, 11) is 0. The molecule has 1 atom stereocenters. The summed E-state index contributed by atoms with van der Waals surface area (Å²) in [5.74, 6) is 7.95. The molecule has 0 radical (unpaired) electrons. The fourth-order valence-electron chi connectivity index (χ4n) is 3.47. The Morgan fingerprint density at radius 1 is 1.41 bits per heavy atom. The number of nitrogens with two attached hydrogens (primary N) is 2. The Hall–Kier alpha value is -2.31. The van der Waals surface area contributed by atoms with Crippen molar-refractivity contribution in [3.63, 3.8) is 0 Å². The molecule has 2 aromatic heterocycles. The predicted molar refractivity (Wildman–Crippen MR) is 85.2 cm³/mol. The van der Waals surface area contributed by atoms with E-state index in [2.05, 4.69) is 22.0 Å². The minimum Gasteiger partial charge on any atom is -0.409 e. The normalized spacial score (nSPS) is 18.7. The van der Waals surface area contributed by atoms with Gasteiger partial charge >= 0.3 is 0 Å². The van der Waals surface area contributed by atoms with Crippen LogP contribution in [0.1, 0.15) is 56.3 Å². The zero-order valence-electron chi connectivity index (χ0n) is 12.7. The third-order valence-electron chi connectivity index (χ3n) is 4.76. The largest absolute Gasteiger partial charge is 0.409 e. The van der Waals surface area contributed by atoms with Gasteiger partial charge in [-0.3, -0.25) is 0 Å². The summed E-state index contributed by atoms with van der Waals surface area (Å²) in [6, 6.07) is 1.68. The third-order valence-corrected chi connectivity index (χ3v) is 4.76. The number of nitrogens with zero attached hydrogens (tertiary/aromatic N) is 4. The smallest absolute Gasteiger partial charge is 0.180 e. The van der Waals surface area contributed by atoms with Crippen LogP contribution in [0.15, 0.2) is 17.4 Å². The Balaban J connectivity index is 2.06. The molecule has 2 aromatic rings. The van der Waals surface area contributed by atoms with E-state index in [4.69, 9.17) is 16.8 Å². The molecular formula is C15H22N6O. The summed E-state index contributed by atoms with van der Waals surface area (Å²) in [4.78, 5) is 8.86. The molecule has 5 N–H and O–H groups in total. The molecule has 1 aliphatic rings. The van der Waals surface area contributed by atoms with E-state index in [9.17, 15) is 0 Å². The van der Waals surface area contributed by atoms with Crippen molar-refractivity contribution in [2.24, 2.45) is 16.8 Å². The predicted octanol–water partition coefficient (Wildman–Crippen LogP) is 1.92. The Bertz CT molecular complexity index is 701. The first kappa shape index (κ1) is 14.6. The van der Waals surface area contributed by atoms with Crippen LogP contribution in [0.25, 0.3) is 11.2 Å². The molecule has 0 aromatic carbocycles. The van der Waals surface area contributed by atoms with Crippen molar-refractivity contribution >= 4 is 17.0 Å². The summed E-state index contributed by atoms with van der Waals surface area (Å²) in [5.41, 5.74) is 7.42. The summed E-state index contributed by atoms with van der Waals surface area (Å²) in [6.07, 6.45) is 7.88. The fourth-order valence-corrected chi connectivity index (χ4v) is 3.47. The number of amidine groups is 1. The standard InChI is InChI=1S/C15H22N6O/c1-9(10-5-3-2-4-6-10)15-19-14-12(21(15)17)11(7-8-18-14)13(16)20-22/h7-10,22H,2-6,17H2,1H3,(H2,16,20). The summed E-state index contributed by atoms with van der Waals surface area (Å²) >= 11 is 0. The van der Waals surface area contributed by atoms with E-state index < -0.39 is 0 Å². The number of nitrogen functional groups attached to an aromatic ring is 1. The van der Waals surface area contributed by atoms with E-state index in [1.165, 1.54) is 32.1 Å². The van der Waals surface area contributed by atoms with E-state index in [0.29, 0.717) is 22.6 Å². The van der Waals surface area contributed by atoms with Gasteiger partial charge in [-0.15, -0.1) is 0 Å². The number of aromatic nitrogens is 3. The molecule has 0 aliphatic heterocycles. The highest BCUT2D eigenvalue weighted by atomic mass is 16.4. The maximum Gasteiger partial charge on any atom is 0.180 e. The Morgan fingerprint density at radius 2 is 2.14 bits per heavy atom. The van der Waals surface area contributed by atoms with E-state index in [-0.39, 0.29) is 11.8 Å². The molecule has 2 heterocycles. The van der Waals surface area contributed by atoms with Gasteiger partial charge in [-0.05, 0) is 24.8 Å². The Kier molecular flexibility index (Phi) is 3.87. The highest BCUT2D eigenvalue weighted by molar-refractivity contribution is 6.06. The molecule has 0 saturated heterocycles. The average Bonchev–Trinajstić information content (AvgIpc) is 2.91. The second-order valence-electron chi connectivity index (χ2n) is 6.04. The molecule has 1 fully saturated rings. The van der Waals surface area contributed by atoms with Gasteiger partial charge in [0.1, 0.15) is 11.3 Å². The lowest BCUT2D eigenvalue weighted by Gasteiger charge is -2.27. The second-order valence-corrected chi connectivity index (χ2v) is 6.04. The molecule has 7 nitrogen and oxygen atoms in total. The zero-order chi connectivity index (χ0) is 15.7. The van der Waals surface area contributed by atoms with E-state index in [1.54, 1.807) is 16.9 Å². The molecule has 7 heteroatoms.